The van der Waals surface area contributed by atoms with Crippen molar-refractivity contribution >= 4 is 15.8 Å². The van der Waals surface area contributed by atoms with Crippen molar-refractivity contribution in [2.45, 2.75) is 24.3 Å². The standard InChI is InChI=1S/C12H17N3O2S/c1-6-12(2,3)14-11-8-7-10(9-13-11)18(16,17)15(4)5/h1,7-9H,2-5H3,(H,13,14). The number of rotatable bonds is 4. The second-order valence-electron chi connectivity index (χ2n) is 4.56. The zero-order chi connectivity index (χ0) is 14.0. The Bertz CT molecular complexity index is 554. The van der Waals surface area contributed by atoms with Crippen molar-refractivity contribution in [1.29, 1.82) is 0 Å². The third kappa shape index (κ3) is 3.22. The van der Waals surface area contributed by atoms with Crippen molar-refractivity contribution in [2.24, 2.45) is 0 Å². The average Bonchev–Trinajstić information content (AvgIpc) is 2.29. The highest BCUT2D eigenvalue weighted by molar-refractivity contribution is 7.89. The van der Waals surface area contributed by atoms with Gasteiger partial charge in [-0.15, -0.1) is 6.42 Å². The summed E-state index contributed by atoms with van der Waals surface area (Å²) in [5.74, 6) is 3.11. The first-order chi connectivity index (χ1) is 8.19. The van der Waals surface area contributed by atoms with Gasteiger partial charge in [0.25, 0.3) is 0 Å². The number of aromatic nitrogens is 1. The number of sulfonamides is 1. The van der Waals surface area contributed by atoms with E-state index in [9.17, 15) is 8.42 Å². The van der Waals surface area contributed by atoms with E-state index in [1.807, 2.05) is 13.8 Å². The maximum absolute atomic E-state index is 11.8. The van der Waals surface area contributed by atoms with Crippen molar-refractivity contribution in [3.05, 3.63) is 18.3 Å². The van der Waals surface area contributed by atoms with Gasteiger partial charge in [-0.2, -0.15) is 0 Å². The van der Waals surface area contributed by atoms with Gasteiger partial charge in [-0.25, -0.2) is 17.7 Å². The van der Waals surface area contributed by atoms with E-state index in [2.05, 4.69) is 16.2 Å². The largest absolute Gasteiger partial charge is 0.354 e. The third-order valence-electron chi connectivity index (χ3n) is 2.32. The number of hydrogen-bond donors (Lipinski definition) is 1. The van der Waals surface area contributed by atoms with Crippen molar-refractivity contribution in [1.82, 2.24) is 9.29 Å². The molecule has 6 heteroatoms. The summed E-state index contributed by atoms with van der Waals surface area (Å²) in [5, 5.41) is 3.02. The molecule has 0 saturated carbocycles. The van der Waals surface area contributed by atoms with E-state index in [1.165, 1.54) is 26.4 Å². The van der Waals surface area contributed by atoms with E-state index in [0.29, 0.717) is 5.82 Å². The van der Waals surface area contributed by atoms with Gasteiger partial charge in [-0.05, 0) is 26.0 Å². The average molecular weight is 267 g/mol. The molecule has 0 saturated heterocycles. The SMILES string of the molecule is C#CC(C)(C)Nc1ccc(S(=O)(=O)N(C)C)cn1. The van der Waals surface area contributed by atoms with Gasteiger partial charge in [0.2, 0.25) is 10.0 Å². The summed E-state index contributed by atoms with van der Waals surface area (Å²) in [6.45, 7) is 3.66. The van der Waals surface area contributed by atoms with E-state index in [4.69, 9.17) is 6.42 Å². The highest BCUT2D eigenvalue weighted by Gasteiger charge is 2.18. The van der Waals surface area contributed by atoms with Gasteiger partial charge in [0.05, 0.1) is 5.54 Å². The molecule has 0 atom stereocenters. The quantitative estimate of drug-likeness (QED) is 0.831. The Morgan fingerprint density at radius 3 is 2.39 bits per heavy atom. The summed E-state index contributed by atoms with van der Waals surface area (Å²) in [6.07, 6.45) is 6.66. The maximum atomic E-state index is 11.8. The first kappa shape index (κ1) is 14.5. The monoisotopic (exact) mass is 267 g/mol. The maximum Gasteiger partial charge on any atom is 0.244 e. The van der Waals surface area contributed by atoms with Crippen LogP contribution < -0.4 is 5.32 Å². The summed E-state index contributed by atoms with van der Waals surface area (Å²) in [6, 6.07) is 3.09. The number of nitrogens with zero attached hydrogens (tertiary/aromatic N) is 2. The predicted octanol–water partition coefficient (Wildman–Crippen LogP) is 1.16. The minimum Gasteiger partial charge on any atom is -0.354 e. The fourth-order valence-corrected chi connectivity index (χ4v) is 2.02. The van der Waals surface area contributed by atoms with Crippen LogP contribution in [0.5, 0.6) is 0 Å². The Kier molecular flexibility index (Phi) is 3.99. The van der Waals surface area contributed by atoms with E-state index < -0.39 is 15.6 Å². The molecule has 1 aromatic heterocycles. The van der Waals surface area contributed by atoms with Gasteiger partial charge in [0.15, 0.2) is 0 Å². The van der Waals surface area contributed by atoms with Crippen LogP contribution in [0.15, 0.2) is 23.2 Å². The Balaban J connectivity index is 2.99. The lowest BCUT2D eigenvalue weighted by molar-refractivity contribution is 0.520. The third-order valence-corrected chi connectivity index (χ3v) is 4.11. The Morgan fingerprint density at radius 1 is 1.39 bits per heavy atom. The minimum absolute atomic E-state index is 0.150. The molecule has 0 aliphatic rings. The Labute approximate surface area is 108 Å². The van der Waals surface area contributed by atoms with Crippen molar-refractivity contribution in [2.75, 3.05) is 19.4 Å². The van der Waals surface area contributed by atoms with Crippen LogP contribution in [0.2, 0.25) is 0 Å². The predicted molar refractivity (Wildman–Crippen MR) is 71.6 cm³/mol. The van der Waals surface area contributed by atoms with Gasteiger partial charge >= 0.3 is 0 Å². The molecule has 5 nitrogen and oxygen atoms in total. The number of hydrogen-bond acceptors (Lipinski definition) is 4. The Hall–Kier alpha value is -1.58. The van der Waals surface area contributed by atoms with Crippen molar-refractivity contribution in [3.63, 3.8) is 0 Å². The molecular weight excluding hydrogens is 250 g/mol. The second kappa shape index (κ2) is 4.96. The van der Waals surface area contributed by atoms with E-state index in [1.54, 1.807) is 6.07 Å². The van der Waals surface area contributed by atoms with E-state index in [0.717, 1.165) is 4.31 Å². The van der Waals surface area contributed by atoms with Crippen LogP contribution in [-0.2, 0) is 10.0 Å². The molecule has 0 aliphatic carbocycles. The molecule has 1 aromatic rings. The molecule has 0 radical (unpaired) electrons. The first-order valence-corrected chi connectivity index (χ1v) is 6.77. The van der Waals surface area contributed by atoms with Crippen LogP contribution in [0, 0.1) is 12.3 Å². The molecule has 0 spiro atoms. The molecule has 1 heterocycles. The van der Waals surface area contributed by atoms with Crippen LogP contribution >= 0.6 is 0 Å². The van der Waals surface area contributed by atoms with Crippen molar-refractivity contribution in [3.8, 4) is 12.3 Å². The molecular formula is C12H17N3O2S. The molecule has 98 valence electrons. The molecule has 0 unspecified atom stereocenters. The van der Waals surface area contributed by atoms with Gasteiger partial charge in [0, 0.05) is 20.3 Å². The van der Waals surface area contributed by atoms with Crippen LogP contribution in [-0.4, -0.2) is 37.3 Å². The zero-order valence-corrected chi connectivity index (χ0v) is 11.7. The topological polar surface area (TPSA) is 62.3 Å². The number of pyridine rings is 1. The summed E-state index contributed by atoms with van der Waals surface area (Å²) >= 11 is 0. The second-order valence-corrected chi connectivity index (χ2v) is 6.71. The lowest BCUT2D eigenvalue weighted by Gasteiger charge is -2.20. The van der Waals surface area contributed by atoms with Crippen LogP contribution in [0.1, 0.15) is 13.8 Å². The highest BCUT2D eigenvalue weighted by atomic mass is 32.2. The van der Waals surface area contributed by atoms with Crippen molar-refractivity contribution < 1.29 is 8.42 Å². The lowest BCUT2D eigenvalue weighted by Crippen LogP contribution is -2.29. The minimum atomic E-state index is -3.44. The smallest absolute Gasteiger partial charge is 0.244 e. The Morgan fingerprint density at radius 2 is 2.00 bits per heavy atom. The molecule has 0 fully saturated rings. The molecule has 0 aliphatic heterocycles. The van der Waals surface area contributed by atoms with Gasteiger partial charge in [-0.1, -0.05) is 5.92 Å². The molecule has 0 aromatic carbocycles. The number of nitrogens with one attached hydrogen (secondary N) is 1. The summed E-state index contributed by atoms with van der Waals surface area (Å²) in [4.78, 5) is 4.20. The normalized spacial score (nSPS) is 12.2. The molecule has 1 N–H and O–H groups in total. The van der Waals surface area contributed by atoms with E-state index in [-0.39, 0.29) is 4.90 Å². The summed E-state index contributed by atoms with van der Waals surface area (Å²) in [7, 11) is -0.490. The lowest BCUT2D eigenvalue weighted by atomic mass is 10.1. The summed E-state index contributed by atoms with van der Waals surface area (Å²) < 4.78 is 24.8. The highest BCUT2D eigenvalue weighted by Crippen LogP contribution is 2.16. The molecule has 18 heavy (non-hydrogen) atoms. The fourth-order valence-electron chi connectivity index (χ4n) is 1.17. The van der Waals surface area contributed by atoms with Gasteiger partial charge < -0.3 is 5.32 Å². The number of terminal acetylenes is 1. The van der Waals surface area contributed by atoms with E-state index >= 15 is 0 Å². The molecule has 1 rings (SSSR count). The molecule has 0 amide bonds. The van der Waals surface area contributed by atoms with Crippen LogP contribution in [0.3, 0.4) is 0 Å². The summed E-state index contributed by atoms with van der Waals surface area (Å²) in [5.41, 5.74) is -0.533. The fraction of sp³-hybridized carbons (Fsp3) is 0.417. The van der Waals surface area contributed by atoms with Gasteiger partial charge in [-0.3, -0.25) is 0 Å². The van der Waals surface area contributed by atoms with Crippen LogP contribution in [0.25, 0.3) is 0 Å². The van der Waals surface area contributed by atoms with Crippen LogP contribution in [0.4, 0.5) is 5.82 Å². The zero-order valence-electron chi connectivity index (χ0n) is 10.9. The van der Waals surface area contributed by atoms with Gasteiger partial charge in [0.1, 0.15) is 10.7 Å². The molecule has 0 bridgehead atoms. The first-order valence-electron chi connectivity index (χ1n) is 5.33. The number of anilines is 1.